The summed E-state index contributed by atoms with van der Waals surface area (Å²) >= 11 is 0. The summed E-state index contributed by atoms with van der Waals surface area (Å²) in [4.78, 5) is 12.5. The number of fused-ring (bicyclic) bond motifs is 1. The Bertz CT molecular complexity index is 528. The van der Waals surface area contributed by atoms with Gasteiger partial charge in [0, 0.05) is 18.6 Å². The Hall–Kier alpha value is -1.23. The van der Waals surface area contributed by atoms with Crippen LogP contribution in [0.2, 0.25) is 0 Å². The van der Waals surface area contributed by atoms with Gasteiger partial charge in [0.15, 0.2) is 5.78 Å². The first kappa shape index (κ1) is 15.2. The molecule has 2 rings (SSSR count). The lowest BCUT2D eigenvalue weighted by Gasteiger charge is -2.37. The molecule has 1 aliphatic rings. The summed E-state index contributed by atoms with van der Waals surface area (Å²) in [5, 5.41) is 20.4. The Morgan fingerprint density at radius 2 is 2.05 bits per heavy atom. The molecule has 0 amide bonds. The van der Waals surface area contributed by atoms with E-state index in [1.165, 1.54) is 0 Å². The molecule has 1 aliphatic carbocycles. The lowest BCUT2D eigenvalue weighted by atomic mass is 9.71. The van der Waals surface area contributed by atoms with Gasteiger partial charge in [-0.25, -0.2) is 0 Å². The van der Waals surface area contributed by atoms with Crippen LogP contribution in [0.15, 0.2) is 12.1 Å². The molecule has 2 atom stereocenters. The minimum absolute atomic E-state index is 0.311. The minimum Gasteiger partial charge on any atom is -0.390 e. The van der Waals surface area contributed by atoms with Crippen molar-refractivity contribution in [1.29, 1.82) is 0 Å². The van der Waals surface area contributed by atoms with E-state index in [1.54, 1.807) is 21.0 Å². The van der Waals surface area contributed by atoms with Crippen molar-refractivity contribution < 1.29 is 19.7 Å². The van der Waals surface area contributed by atoms with Crippen LogP contribution >= 0.6 is 0 Å². The van der Waals surface area contributed by atoms with Gasteiger partial charge in [0.1, 0.15) is 6.10 Å². The Balaban J connectivity index is 2.56. The Morgan fingerprint density at radius 3 is 2.60 bits per heavy atom. The molecule has 4 nitrogen and oxygen atoms in total. The number of carbonyl (C=O) groups excluding carboxylic acids is 1. The van der Waals surface area contributed by atoms with Gasteiger partial charge in [-0.1, -0.05) is 12.1 Å². The van der Waals surface area contributed by atoms with Crippen LogP contribution in [0.25, 0.3) is 0 Å². The van der Waals surface area contributed by atoms with Crippen molar-refractivity contribution >= 4 is 5.78 Å². The third kappa shape index (κ3) is 2.51. The average molecular weight is 278 g/mol. The first-order valence-electron chi connectivity index (χ1n) is 6.82. The number of carbonyl (C=O) groups is 1. The van der Waals surface area contributed by atoms with Crippen LogP contribution in [-0.2, 0) is 17.8 Å². The quantitative estimate of drug-likeness (QED) is 0.882. The second-order valence-electron chi connectivity index (χ2n) is 6.10. The van der Waals surface area contributed by atoms with Crippen LogP contribution < -0.4 is 0 Å². The minimum atomic E-state index is -1.17. The van der Waals surface area contributed by atoms with Crippen LogP contribution in [0.1, 0.15) is 40.9 Å². The summed E-state index contributed by atoms with van der Waals surface area (Å²) in [6.45, 7) is 5.55. The molecule has 2 N–H and O–H groups in total. The monoisotopic (exact) mass is 278 g/mol. The number of methoxy groups -OCH3 is 1. The van der Waals surface area contributed by atoms with Gasteiger partial charge in [0.25, 0.3) is 0 Å². The fraction of sp³-hybridized carbons (Fsp3) is 0.562. The molecule has 0 bridgehead atoms. The van der Waals surface area contributed by atoms with E-state index < -0.39 is 17.6 Å². The van der Waals surface area contributed by atoms with Gasteiger partial charge in [-0.3, -0.25) is 4.79 Å². The van der Waals surface area contributed by atoms with Crippen molar-refractivity contribution in [3.8, 4) is 0 Å². The number of hydrogen-bond donors (Lipinski definition) is 2. The van der Waals surface area contributed by atoms with Crippen molar-refractivity contribution in [1.82, 2.24) is 0 Å². The van der Waals surface area contributed by atoms with Gasteiger partial charge in [-0.2, -0.15) is 0 Å². The standard InChI is InChI=1S/C16H22O4/c1-9-5-6-10(8-20-4)13-11(9)7-12(16(2,3)19)14(17)15(13)18/h5-6,12,14,17,19H,7-8H2,1-4H3/t12-,14+/m1/s1. The molecule has 0 aliphatic heterocycles. The third-order valence-corrected chi connectivity index (χ3v) is 4.16. The van der Waals surface area contributed by atoms with Crippen molar-refractivity contribution in [3.63, 3.8) is 0 Å². The van der Waals surface area contributed by atoms with E-state index >= 15 is 0 Å². The molecule has 0 saturated heterocycles. The molecule has 0 radical (unpaired) electrons. The predicted octanol–water partition coefficient (Wildman–Crippen LogP) is 1.63. The van der Waals surface area contributed by atoms with E-state index in [0.717, 1.165) is 16.7 Å². The fourth-order valence-electron chi connectivity index (χ4n) is 2.94. The van der Waals surface area contributed by atoms with E-state index in [-0.39, 0.29) is 5.78 Å². The molecule has 1 aromatic carbocycles. The van der Waals surface area contributed by atoms with Crippen molar-refractivity contribution in [2.24, 2.45) is 5.92 Å². The van der Waals surface area contributed by atoms with E-state index in [9.17, 15) is 15.0 Å². The molecule has 110 valence electrons. The predicted molar refractivity (Wildman–Crippen MR) is 75.7 cm³/mol. The maximum atomic E-state index is 12.5. The molecule has 0 heterocycles. The molecule has 0 aromatic heterocycles. The van der Waals surface area contributed by atoms with Crippen LogP contribution in [-0.4, -0.2) is 34.8 Å². The van der Waals surface area contributed by atoms with Crippen molar-refractivity contribution in [2.75, 3.05) is 7.11 Å². The highest BCUT2D eigenvalue weighted by Gasteiger charge is 2.43. The molecule has 0 saturated carbocycles. The van der Waals surface area contributed by atoms with Gasteiger partial charge in [0.05, 0.1) is 12.2 Å². The second-order valence-corrected chi connectivity index (χ2v) is 6.10. The molecular weight excluding hydrogens is 256 g/mol. The number of ketones is 1. The van der Waals surface area contributed by atoms with E-state index in [2.05, 4.69) is 0 Å². The second kappa shape index (κ2) is 5.28. The summed E-state index contributed by atoms with van der Waals surface area (Å²) in [6.07, 6.45) is -0.672. The number of benzene rings is 1. The van der Waals surface area contributed by atoms with E-state index in [1.807, 2.05) is 19.1 Å². The Labute approximate surface area is 119 Å². The molecule has 0 spiro atoms. The summed E-state index contributed by atoms with van der Waals surface area (Å²) in [5.74, 6) is -0.798. The summed E-state index contributed by atoms with van der Waals surface area (Å²) in [7, 11) is 1.58. The summed E-state index contributed by atoms with van der Waals surface area (Å²) < 4.78 is 5.13. The van der Waals surface area contributed by atoms with Crippen LogP contribution in [0.4, 0.5) is 0 Å². The van der Waals surface area contributed by atoms with Crippen molar-refractivity contribution in [3.05, 3.63) is 34.4 Å². The van der Waals surface area contributed by atoms with Crippen LogP contribution in [0.3, 0.4) is 0 Å². The molecule has 0 unspecified atom stereocenters. The number of aryl methyl sites for hydroxylation is 1. The first-order valence-corrected chi connectivity index (χ1v) is 6.82. The molecule has 4 heteroatoms. The summed E-state index contributed by atoms with van der Waals surface area (Å²) in [6, 6.07) is 3.83. The maximum absolute atomic E-state index is 12.5. The van der Waals surface area contributed by atoms with Crippen LogP contribution in [0, 0.1) is 12.8 Å². The van der Waals surface area contributed by atoms with E-state index in [0.29, 0.717) is 18.6 Å². The highest BCUT2D eigenvalue weighted by molar-refractivity contribution is 6.03. The maximum Gasteiger partial charge on any atom is 0.192 e. The first-order chi connectivity index (χ1) is 9.27. The largest absolute Gasteiger partial charge is 0.390 e. The number of aliphatic hydroxyl groups excluding tert-OH is 1. The molecule has 1 aromatic rings. The van der Waals surface area contributed by atoms with Gasteiger partial charge in [-0.05, 0) is 43.9 Å². The SMILES string of the molecule is COCc1ccc(C)c2c1C(=O)[C@@H](O)[C@H](C(C)(C)O)C2. The number of Topliss-reactive ketones (excluding diaryl/α,β-unsaturated/α-hetero) is 1. The lowest BCUT2D eigenvalue weighted by Crippen LogP contribution is -2.48. The number of ether oxygens (including phenoxy) is 1. The smallest absolute Gasteiger partial charge is 0.192 e. The zero-order valence-corrected chi connectivity index (χ0v) is 12.4. The highest BCUT2D eigenvalue weighted by Crippen LogP contribution is 2.36. The summed E-state index contributed by atoms with van der Waals surface area (Å²) in [5.41, 5.74) is 2.19. The zero-order valence-electron chi connectivity index (χ0n) is 12.4. The number of aliphatic hydroxyl groups is 2. The zero-order chi connectivity index (χ0) is 15.1. The third-order valence-electron chi connectivity index (χ3n) is 4.16. The van der Waals surface area contributed by atoms with Gasteiger partial charge < -0.3 is 14.9 Å². The van der Waals surface area contributed by atoms with Crippen LogP contribution in [0.5, 0.6) is 0 Å². The topological polar surface area (TPSA) is 66.8 Å². The molecular formula is C16H22O4. The fourth-order valence-corrected chi connectivity index (χ4v) is 2.94. The molecule has 20 heavy (non-hydrogen) atoms. The van der Waals surface area contributed by atoms with Crippen molar-refractivity contribution in [2.45, 2.75) is 45.5 Å². The number of hydrogen-bond acceptors (Lipinski definition) is 4. The number of rotatable bonds is 3. The molecule has 0 fully saturated rings. The van der Waals surface area contributed by atoms with Gasteiger partial charge in [-0.15, -0.1) is 0 Å². The van der Waals surface area contributed by atoms with E-state index in [4.69, 9.17) is 4.74 Å². The normalized spacial score (nSPS) is 22.8. The Morgan fingerprint density at radius 1 is 1.40 bits per heavy atom. The van der Waals surface area contributed by atoms with Gasteiger partial charge in [0.2, 0.25) is 0 Å². The lowest BCUT2D eigenvalue weighted by molar-refractivity contribution is -0.0398. The Kier molecular flexibility index (Phi) is 4.00. The average Bonchev–Trinajstić information content (AvgIpc) is 2.35. The van der Waals surface area contributed by atoms with Gasteiger partial charge >= 0.3 is 0 Å². The highest BCUT2D eigenvalue weighted by atomic mass is 16.5.